The third-order valence-corrected chi connectivity index (χ3v) is 3.48. The lowest BCUT2D eigenvalue weighted by molar-refractivity contribution is 0.269. The van der Waals surface area contributed by atoms with Crippen molar-refractivity contribution in [2.24, 2.45) is 0 Å². The van der Waals surface area contributed by atoms with Crippen molar-refractivity contribution in [3.05, 3.63) is 29.8 Å². The number of hydrogen-bond acceptors (Lipinski definition) is 3. The standard InChI is InChI=1S/C17H30N2O/c1-5-9-16(18-12-6-2)14-19(3)13-15-10-7-8-11-17(15)20-4/h7-8,10-11,16,18H,5-6,9,12-14H2,1-4H3. The van der Waals surface area contributed by atoms with Gasteiger partial charge in [0.25, 0.3) is 0 Å². The SMILES string of the molecule is CCCNC(CCC)CN(C)Cc1ccccc1OC. The Balaban J connectivity index is 2.53. The summed E-state index contributed by atoms with van der Waals surface area (Å²) in [5, 5.41) is 3.64. The first kappa shape index (κ1) is 17.0. The summed E-state index contributed by atoms with van der Waals surface area (Å²) >= 11 is 0. The summed E-state index contributed by atoms with van der Waals surface area (Å²) in [6.45, 7) is 7.58. The van der Waals surface area contributed by atoms with Crippen molar-refractivity contribution in [3.63, 3.8) is 0 Å². The second-order valence-corrected chi connectivity index (χ2v) is 5.45. The summed E-state index contributed by atoms with van der Waals surface area (Å²) in [6.07, 6.45) is 3.65. The van der Waals surface area contributed by atoms with Crippen molar-refractivity contribution in [2.45, 2.75) is 45.7 Å². The molecular formula is C17H30N2O. The lowest BCUT2D eigenvalue weighted by atomic mass is 10.1. The van der Waals surface area contributed by atoms with Gasteiger partial charge in [0, 0.05) is 24.7 Å². The van der Waals surface area contributed by atoms with Crippen LogP contribution in [0, 0.1) is 0 Å². The van der Waals surface area contributed by atoms with Crippen molar-refractivity contribution in [1.82, 2.24) is 10.2 Å². The van der Waals surface area contributed by atoms with Crippen LogP contribution in [0.25, 0.3) is 0 Å². The minimum atomic E-state index is 0.583. The van der Waals surface area contributed by atoms with Gasteiger partial charge in [-0.2, -0.15) is 0 Å². The number of methoxy groups -OCH3 is 1. The van der Waals surface area contributed by atoms with Gasteiger partial charge >= 0.3 is 0 Å². The molecule has 0 aliphatic heterocycles. The monoisotopic (exact) mass is 278 g/mol. The topological polar surface area (TPSA) is 24.5 Å². The molecule has 0 heterocycles. The Hall–Kier alpha value is -1.06. The lowest BCUT2D eigenvalue weighted by Gasteiger charge is -2.25. The second-order valence-electron chi connectivity index (χ2n) is 5.45. The Morgan fingerprint density at radius 2 is 1.95 bits per heavy atom. The highest BCUT2D eigenvalue weighted by atomic mass is 16.5. The maximum absolute atomic E-state index is 5.42. The van der Waals surface area contributed by atoms with Gasteiger partial charge in [0.15, 0.2) is 0 Å². The van der Waals surface area contributed by atoms with Crippen LogP contribution in [0.1, 0.15) is 38.7 Å². The molecule has 20 heavy (non-hydrogen) atoms. The van der Waals surface area contributed by atoms with Crippen molar-refractivity contribution < 1.29 is 4.74 Å². The van der Waals surface area contributed by atoms with E-state index in [1.807, 2.05) is 12.1 Å². The average Bonchev–Trinajstić information content (AvgIpc) is 2.45. The minimum absolute atomic E-state index is 0.583. The number of ether oxygens (including phenoxy) is 1. The predicted octanol–water partition coefficient (Wildman–Crippen LogP) is 3.30. The molecule has 0 fully saturated rings. The maximum Gasteiger partial charge on any atom is 0.123 e. The van der Waals surface area contributed by atoms with Crippen LogP contribution in [0.5, 0.6) is 5.75 Å². The van der Waals surface area contributed by atoms with Gasteiger partial charge < -0.3 is 15.0 Å². The molecule has 0 aliphatic carbocycles. The molecule has 1 aromatic rings. The van der Waals surface area contributed by atoms with E-state index in [1.54, 1.807) is 7.11 Å². The third kappa shape index (κ3) is 5.93. The molecule has 0 bridgehead atoms. The van der Waals surface area contributed by atoms with Gasteiger partial charge in [-0.1, -0.05) is 38.5 Å². The zero-order valence-corrected chi connectivity index (χ0v) is 13.5. The molecular weight excluding hydrogens is 248 g/mol. The van der Waals surface area contributed by atoms with Crippen LogP contribution in [0.2, 0.25) is 0 Å². The van der Waals surface area contributed by atoms with Crippen LogP contribution in [0.3, 0.4) is 0 Å². The Morgan fingerprint density at radius 1 is 1.20 bits per heavy atom. The second kappa shape index (κ2) is 9.78. The van der Waals surface area contributed by atoms with Crippen molar-refractivity contribution >= 4 is 0 Å². The van der Waals surface area contributed by atoms with Gasteiger partial charge in [0.05, 0.1) is 7.11 Å². The quantitative estimate of drug-likeness (QED) is 0.711. The van der Waals surface area contributed by atoms with E-state index in [9.17, 15) is 0 Å². The molecule has 1 unspecified atom stereocenters. The zero-order chi connectivity index (χ0) is 14.8. The highest BCUT2D eigenvalue weighted by Gasteiger charge is 2.11. The van der Waals surface area contributed by atoms with Crippen molar-refractivity contribution in [2.75, 3.05) is 27.2 Å². The smallest absolute Gasteiger partial charge is 0.123 e. The first-order chi connectivity index (χ1) is 9.71. The summed E-state index contributed by atoms with van der Waals surface area (Å²) in [5.41, 5.74) is 1.25. The molecule has 0 saturated carbocycles. The van der Waals surface area contributed by atoms with Crippen LogP contribution in [0.15, 0.2) is 24.3 Å². The van der Waals surface area contributed by atoms with Crippen molar-refractivity contribution in [1.29, 1.82) is 0 Å². The number of hydrogen-bond donors (Lipinski definition) is 1. The van der Waals surface area contributed by atoms with Gasteiger partial charge in [0.1, 0.15) is 5.75 Å². The first-order valence-corrected chi connectivity index (χ1v) is 7.75. The van der Waals surface area contributed by atoms with Crippen LogP contribution in [-0.2, 0) is 6.54 Å². The molecule has 0 radical (unpaired) electrons. The molecule has 0 aromatic heterocycles. The average molecular weight is 278 g/mol. The number of para-hydroxylation sites is 1. The molecule has 0 aliphatic rings. The largest absolute Gasteiger partial charge is 0.496 e. The molecule has 1 N–H and O–H groups in total. The van der Waals surface area contributed by atoms with Gasteiger partial charge in [0.2, 0.25) is 0 Å². The Morgan fingerprint density at radius 3 is 2.60 bits per heavy atom. The van der Waals surface area contributed by atoms with E-state index in [4.69, 9.17) is 4.74 Å². The normalized spacial score (nSPS) is 12.7. The van der Waals surface area contributed by atoms with Gasteiger partial charge in [-0.05, 0) is 32.5 Å². The molecule has 1 rings (SSSR count). The maximum atomic E-state index is 5.42. The first-order valence-electron chi connectivity index (χ1n) is 7.75. The van der Waals surface area contributed by atoms with Crippen LogP contribution >= 0.6 is 0 Å². The molecule has 0 saturated heterocycles. The molecule has 0 amide bonds. The fraction of sp³-hybridized carbons (Fsp3) is 0.647. The summed E-state index contributed by atoms with van der Waals surface area (Å²) in [6, 6.07) is 8.85. The fourth-order valence-electron chi connectivity index (χ4n) is 2.52. The molecule has 0 spiro atoms. The summed E-state index contributed by atoms with van der Waals surface area (Å²) in [7, 11) is 3.92. The number of benzene rings is 1. The van der Waals surface area contributed by atoms with E-state index >= 15 is 0 Å². The number of nitrogens with zero attached hydrogens (tertiary/aromatic N) is 1. The van der Waals surface area contributed by atoms with Crippen LogP contribution in [0.4, 0.5) is 0 Å². The van der Waals surface area contributed by atoms with Gasteiger partial charge in [-0.3, -0.25) is 0 Å². The van der Waals surface area contributed by atoms with E-state index < -0.39 is 0 Å². The molecule has 1 aromatic carbocycles. The lowest BCUT2D eigenvalue weighted by Crippen LogP contribution is -2.39. The van der Waals surface area contributed by atoms with E-state index in [1.165, 1.54) is 24.8 Å². The molecule has 3 nitrogen and oxygen atoms in total. The Labute approximate surface area is 124 Å². The minimum Gasteiger partial charge on any atom is -0.496 e. The molecule has 114 valence electrons. The fourth-order valence-corrected chi connectivity index (χ4v) is 2.52. The van der Waals surface area contributed by atoms with E-state index in [-0.39, 0.29) is 0 Å². The van der Waals surface area contributed by atoms with Gasteiger partial charge in [-0.15, -0.1) is 0 Å². The third-order valence-electron chi connectivity index (χ3n) is 3.48. The van der Waals surface area contributed by atoms with E-state index in [0.717, 1.165) is 25.4 Å². The number of nitrogens with one attached hydrogen (secondary N) is 1. The summed E-state index contributed by atoms with van der Waals surface area (Å²) in [5.74, 6) is 0.980. The van der Waals surface area contributed by atoms with Crippen molar-refractivity contribution in [3.8, 4) is 5.75 Å². The highest BCUT2D eigenvalue weighted by molar-refractivity contribution is 5.32. The Kier molecular flexibility index (Phi) is 8.31. The highest BCUT2D eigenvalue weighted by Crippen LogP contribution is 2.18. The summed E-state index contributed by atoms with van der Waals surface area (Å²) < 4.78 is 5.42. The van der Waals surface area contributed by atoms with Crippen LogP contribution < -0.4 is 10.1 Å². The number of likely N-dealkylation sites (N-methyl/N-ethyl adjacent to an activating group) is 1. The molecule has 3 heteroatoms. The zero-order valence-electron chi connectivity index (χ0n) is 13.5. The van der Waals surface area contributed by atoms with Crippen LogP contribution in [-0.4, -0.2) is 38.2 Å². The van der Waals surface area contributed by atoms with Gasteiger partial charge in [-0.25, -0.2) is 0 Å². The predicted molar refractivity (Wildman–Crippen MR) is 86.3 cm³/mol. The van der Waals surface area contributed by atoms with E-state index in [2.05, 4.69) is 43.2 Å². The molecule has 1 atom stereocenters. The number of rotatable bonds is 10. The van der Waals surface area contributed by atoms with E-state index in [0.29, 0.717) is 6.04 Å². The summed E-state index contributed by atoms with van der Waals surface area (Å²) in [4.78, 5) is 2.38. The Bertz CT molecular complexity index is 368.